The van der Waals surface area contributed by atoms with Crippen molar-refractivity contribution in [2.45, 2.75) is 13.3 Å². The van der Waals surface area contributed by atoms with Crippen LogP contribution in [0.25, 0.3) is 11.1 Å². The Balaban J connectivity index is 1.64. The first-order valence-corrected chi connectivity index (χ1v) is 8.04. The van der Waals surface area contributed by atoms with Crippen LogP contribution in [0.2, 0.25) is 0 Å². The minimum absolute atomic E-state index is 0.939. The van der Waals surface area contributed by atoms with Gasteiger partial charge in [-0.25, -0.2) is 0 Å². The zero-order valence-corrected chi connectivity index (χ0v) is 12.7. The summed E-state index contributed by atoms with van der Waals surface area (Å²) < 4.78 is 0. The number of fused-ring (bicyclic) bond motifs is 1. The molecule has 1 nitrogen and oxygen atoms in total. The second kappa shape index (κ2) is 4.97. The van der Waals surface area contributed by atoms with Crippen LogP contribution in [0, 0.1) is 6.92 Å². The first-order chi connectivity index (χ1) is 10.3. The Morgan fingerprint density at radius 2 is 1.71 bits per heavy atom. The van der Waals surface area contributed by atoms with Crippen molar-refractivity contribution >= 4 is 22.7 Å². The molecule has 4 rings (SSSR count). The number of benzene rings is 2. The van der Waals surface area contributed by atoms with E-state index in [1.807, 2.05) is 0 Å². The molecule has 0 N–H and O–H groups in total. The summed E-state index contributed by atoms with van der Waals surface area (Å²) in [4.78, 5) is 4.77. The molecule has 0 atom stereocenters. The van der Waals surface area contributed by atoms with Gasteiger partial charge in [0, 0.05) is 6.42 Å². The third-order valence-corrected chi connectivity index (χ3v) is 4.60. The van der Waals surface area contributed by atoms with Gasteiger partial charge in [0.25, 0.3) is 0 Å². The highest BCUT2D eigenvalue weighted by Crippen LogP contribution is 2.30. The lowest BCUT2D eigenvalue weighted by molar-refractivity contribution is 1.34. The molecule has 0 saturated carbocycles. The number of hydrogen-bond acceptors (Lipinski definition) is 2. The summed E-state index contributed by atoms with van der Waals surface area (Å²) in [5, 5.41) is 4.30. The average molecular weight is 289 g/mol. The topological polar surface area (TPSA) is 12.4 Å². The van der Waals surface area contributed by atoms with Gasteiger partial charge in [-0.2, -0.15) is 11.3 Å². The Kier molecular flexibility index (Phi) is 2.97. The minimum Gasteiger partial charge on any atom is -0.252 e. The number of nitrogens with zero attached hydrogens (tertiary/aromatic N) is 1. The Labute approximate surface area is 128 Å². The van der Waals surface area contributed by atoms with Gasteiger partial charge in [-0.1, -0.05) is 42.0 Å². The van der Waals surface area contributed by atoms with Gasteiger partial charge >= 0.3 is 0 Å². The first-order valence-electron chi connectivity index (χ1n) is 7.10. The number of hydrogen-bond donors (Lipinski definition) is 0. The molecular formula is C19H15NS. The first kappa shape index (κ1) is 12.5. The van der Waals surface area contributed by atoms with Crippen LogP contribution >= 0.6 is 11.3 Å². The molecular weight excluding hydrogens is 274 g/mol. The van der Waals surface area contributed by atoms with Gasteiger partial charge in [0.05, 0.1) is 11.4 Å². The van der Waals surface area contributed by atoms with Crippen LogP contribution in [0.15, 0.2) is 64.3 Å². The van der Waals surface area contributed by atoms with Crippen molar-refractivity contribution in [2.75, 3.05) is 0 Å². The molecule has 0 unspecified atom stereocenters. The standard InChI is InChI=1S/C19H15NS/c1-13-2-7-18-17(10-13)11-19(20-18)15-5-3-14(4-6-15)16-8-9-21-12-16/h2-10,12H,11H2,1H3. The molecule has 102 valence electrons. The molecule has 0 spiro atoms. The van der Waals surface area contributed by atoms with Crippen molar-refractivity contribution in [3.63, 3.8) is 0 Å². The lowest BCUT2D eigenvalue weighted by Gasteiger charge is -2.03. The summed E-state index contributed by atoms with van der Waals surface area (Å²) in [7, 11) is 0. The number of aliphatic imine (C=N–C) groups is 1. The summed E-state index contributed by atoms with van der Waals surface area (Å²) >= 11 is 1.73. The summed E-state index contributed by atoms with van der Waals surface area (Å²) in [5.74, 6) is 0. The maximum absolute atomic E-state index is 4.77. The van der Waals surface area contributed by atoms with Crippen LogP contribution in [0.5, 0.6) is 0 Å². The quantitative estimate of drug-likeness (QED) is 0.599. The van der Waals surface area contributed by atoms with Crippen LogP contribution in [-0.2, 0) is 6.42 Å². The molecule has 0 amide bonds. The van der Waals surface area contributed by atoms with Crippen LogP contribution in [0.3, 0.4) is 0 Å². The van der Waals surface area contributed by atoms with Gasteiger partial charge in [-0.15, -0.1) is 0 Å². The smallest absolute Gasteiger partial charge is 0.0669 e. The maximum atomic E-state index is 4.77. The van der Waals surface area contributed by atoms with E-state index >= 15 is 0 Å². The fraction of sp³-hybridized carbons (Fsp3) is 0.105. The molecule has 0 radical (unpaired) electrons. The van der Waals surface area contributed by atoms with E-state index in [2.05, 4.69) is 66.2 Å². The lowest BCUT2D eigenvalue weighted by atomic mass is 10.0. The summed E-state index contributed by atoms with van der Waals surface area (Å²) in [5.41, 5.74) is 8.73. The van der Waals surface area contributed by atoms with Crippen LogP contribution in [-0.4, -0.2) is 5.71 Å². The van der Waals surface area contributed by atoms with Gasteiger partial charge in [0.2, 0.25) is 0 Å². The highest BCUT2D eigenvalue weighted by Gasteiger charge is 2.15. The number of rotatable bonds is 2. The third-order valence-electron chi connectivity index (χ3n) is 3.92. The molecule has 3 aromatic rings. The molecule has 0 saturated heterocycles. The molecule has 21 heavy (non-hydrogen) atoms. The number of aryl methyl sites for hydroxylation is 1. The fourth-order valence-corrected chi connectivity index (χ4v) is 3.45. The third kappa shape index (κ3) is 2.32. The van der Waals surface area contributed by atoms with E-state index in [4.69, 9.17) is 4.99 Å². The average Bonchev–Trinajstić information content (AvgIpc) is 3.16. The van der Waals surface area contributed by atoms with Crippen molar-refractivity contribution in [3.05, 3.63) is 76.0 Å². The van der Waals surface area contributed by atoms with E-state index in [0.29, 0.717) is 0 Å². The largest absolute Gasteiger partial charge is 0.252 e. The van der Waals surface area contributed by atoms with Gasteiger partial charge in [0.15, 0.2) is 0 Å². The van der Waals surface area contributed by atoms with Crippen LogP contribution < -0.4 is 0 Å². The monoisotopic (exact) mass is 289 g/mol. The Morgan fingerprint density at radius 1 is 0.905 bits per heavy atom. The maximum Gasteiger partial charge on any atom is 0.0669 e. The number of thiophene rings is 1. The van der Waals surface area contributed by atoms with E-state index in [-0.39, 0.29) is 0 Å². The van der Waals surface area contributed by atoms with Crippen molar-refractivity contribution < 1.29 is 0 Å². The van der Waals surface area contributed by atoms with Crippen molar-refractivity contribution in [1.82, 2.24) is 0 Å². The van der Waals surface area contributed by atoms with Gasteiger partial charge in [0.1, 0.15) is 0 Å². The molecule has 1 aliphatic rings. The van der Waals surface area contributed by atoms with E-state index < -0.39 is 0 Å². The van der Waals surface area contributed by atoms with E-state index in [9.17, 15) is 0 Å². The molecule has 1 aliphatic heterocycles. The zero-order chi connectivity index (χ0) is 14.2. The Hall–Kier alpha value is -2.19. The van der Waals surface area contributed by atoms with Crippen molar-refractivity contribution in [3.8, 4) is 11.1 Å². The van der Waals surface area contributed by atoms with Gasteiger partial charge in [-0.3, -0.25) is 4.99 Å². The molecule has 0 aliphatic carbocycles. The fourth-order valence-electron chi connectivity index (χ4n) is 2.78. The summed E-state index contributed by atoms with van der Waals surface area (Å²) in [6, 6.07) is 17.4. The zero-order valence-electron chi connectivity index (χ0n) is 11.8. The molecule has 2 heteroatoms. The van der Waals surface area contributed by atoms with E-state index in [1.54, 1.807) is 11.3 Å². The van der Waals surface area contributed by atoms with Crippen LogP contribution in [0.1, 0.15) is 16.7 Å². The lowest BCUT2D eigenvalue weighted by Crippen LogP contribution is -1.99. The van der Waals surface area contributed by atoms with Crippen molar-refractivity contribution in [1.29, 1.82) is 0 Å². The summed E-state index contributed by atoms with van der Waals surface area (Å²) in [6.07, 6.45) is 0.939. The second-order valence-electron chi connectivity index (χ2n) is 5.46. The molecule has 2 heterocycles. The highest BCUT2D eigenvalue weighted by molar-refractivity contribution is 7.08. The summed E-state index contributed by atoms with van der Waals surface area (Å²) in [6.45, 7) is 2.13. The molecule has 2 aromatic carbocycles. The molecule has 0 fully saturated rings. The van der Waals surface area contributed by atoms with Gasteiger partial charge in [-0.05, 0) is 52.1 Å². The molecule has 0 bridgehead atoms. The highest BCUT2D eigenvalue weighted by atomic mass is 32.1. The normalized spacial score (nSPS) is 13.1. The van der Waals surface area contributed by atoms with Gasteiger partial charge < -0.3 is 0 Å². The SMILES string of the molecule is Cc1ccc2c(c1)CC(c1ccc(-c3ccsc3)cc1)=N2. The minimum atomic E-state index is 0.939. The van der Waals surface area contributed by atoms with Crippen molar-refractivity contribution in [2.24, 2.45) is 4.99 Å². The Bertz CT molecular complexity index is 811. The molecule has 1 aromatic heterocycles. The second-order valence-corrected chi connectivity index (χ2v) is 6.24. The predicted octanol–water partition coefficient (Wildman–Crippen LogP) is 5.40. The Morgan fingerprint density at radius 3 is 2.48 bits per heavy atom. The predicted molar refractivity (Wildman–Crippen MR) is 90.8 cm³/mol. The van der Waals surface area contributed by atoms with E-state index in [1.165, 1.54) is 33.5 Å². The van der Waals surface area contributed by atoms with Crippen LogP contribution in [0.4, 0.5) is 5.69 Å². The van der Waals surface area contributed by atoms with E-state index in [0.717, 1.165) is 12.1 Å².